The Kier molecular flexibility index (Phi) is 7.30. The molecule has 10 nitrogen and oxygen atoms in total. The third kappa shape index (κ3) is 4.83. The Morgan fingerprint density at radius 3 is 2.10 bits per heavy atom. The van der Waals surface area contributed by atoms with Gasteiger partial charge in [-0.25, -0.2) is 14.6 Å². The molecular formula is C32H32N6O4. The van der Waals surface area contributed by atoms with Crippen molar-refractivity contribution in [2.75, 3.05) is 37.1 Å². The molecule has 2 saturated heterocycles. The highest BCUT2D eigenvalue weighted by atomic mass is 16.5. The number of nitrogens with zero attached hydrogens (tertiary/aromatic N) is 6. The van der Waals surface area contributed by atoms with Crippen LogP contribution in [0.25, 0.3) is 11.1 Å². The minimum absolute atomic E-state index is 0.0713. The number of piperidine rings is 1. The summed E-state index contributed by atoms with van der Waals surface area (Å²) in [7, 11) is 2.97. The lowest BCUT2D eigenvalue weighted by molar-refractivity contribution is -0.123. The number of methoxy groups -OCH3 is 2. The molecule has 6 rings (SSSR count). The van der Waals surface area contributed by atoms with Gasteiger partial charge in [0.2, 0.25) is 17.7 Å². The molecule has 0 saturated carbocycles. The summed E-state index contributed by atoms with van der Waals surface area (Å²) in [4.78, 5) is 47.1. The van der Waals surface area contributed by atoms with E-state index >= 15 is 0 Å². The zero-order chi connectivity index (χ0) is 29.3. The van der Waals surface area contributed by atoms with E-state index in [1.54, 1.807) is 18.3 Å². The minimum atomic E-state index is -1.16. The SMILES string of the molecule is COc1cc(OC)nc(N2C(=O)N(c3ccc(-c4ccccc4)cc3)C(=O)C23CCN(Cc2ncccc2C)CC3)n1. The summed E-state index contributed by atoms with van der Waals surface area (Å²) in [6, 6.07) is 22.4. The van der Waals surface area contributed by atoms with Crippen LogP contribution in [0.15, 0.2) is 79.0 Å². The van der Waals surface area contributed by atoms with Crippen molar-refractivity contribution in [3.8, 4) is 22.9 Å². The molecule has 3 amide bonds. The average molecular weight is 565 g/mol. The summed E-state index contributed by atoms with van der Waals surface area (Å²) in [6.07, 6.45) is 2.61. The highest BCUT2D eigenvalue weighted by Crippen LogP contribution is 2.42. The number of benzene rings is 2. The van der Waals surface area contributed by atoms with Crippen molar-refractivity contribution in [1.82, 2.24) is 19.9 Å². The molecule has 0 atom stereocenters. The van der Waals surface area contributed by atoms with Gasteiger partial charge < -0.3 is 9.47 Å². The molecule has 0 radical (unpaired) electrons. The molecule has 1 spiro atoms. The van der Waals surface area contributed by atoms with Crippen molar-refractivity contribution in [2.45, 2.75) is 31.8 Å². The van der Waals surface area contributed by atoms with Crippen LogP contribution in [-0.4, -0.2) is 64.6 Å². The van der Waals surface area contributed by atoms with Crippen LogP contribution in [0.4, 0.5) is 16.4 Å². The highest BCUT2D eigenvalue weighted by Gasteiger charge is 2.60. The van der Waals surface area contributed by atoms with Crippen molar-refractivity contribution in [2.24, 2.45) is 0 Å². The van der Waals surface area contributed by atoms with Crippen LogP contribution < -0.4 is 19.3 Å². The van der Waals surface area contributed by atoms with Gasteiger partial charge in [0.1, 0.15) is 5.54 Å². The topological polar surface area (TPSA) is 101 Å². The largest absolute Gasteiger partial charge is 0.481 e. The molecule has 10 heteroatoms. The number of pyridine rings is 1. The first kappa shape index (κ1) is 27.3. The molecule has 0 N–H and O–H groups in total. The van der Waals surface area contributed by atoms with E-state index in [-0.39, 0.29) is 23.6 Å². The van der Waals surface area contributed by atoms with E-state index in [4.69, 9.17) is 9.47 Å². The van der Waals surface area contributed by atoms with Gasteiger partial charge in [0.05, 0.1) is 31.7 Å². The molecule has 2 aliphatic rings. The van der Waals surface area contributed by atoms with Crippen LogP contribution in [0.1, 0.15) is 24.1 Å². The molecule has 42 heavy (non-hydrogen) atoms. The highest BCUT2D eigenvalue weighted by molar-refractivity contribution is 6.30. The standard InChI is InChI=1S/C32H32N6O4/c1-22-8-7-17-33-26(22)21-36-18-15-32(16-19-36)29(39)37(25-13-11-24(12-14-25)23-9-5-4-6-10-23)31(40)38(32)30-34-27(41-2)20-28(35-30)42-3/h4-14,17,20H,15-16,18-19,21H2,1-3H3. The third-order valence-electron chi connectivity index (χ3n) is 8.10. The number of hydrogen-bond donors (Lipinski definition) is 0. The van der Waals surface area contributed by atoms with Crippen molar-refractivity contribution in [3.63, 3.8) is 0 Å². The van der Waals surface area contributed by atoms with Crippen molar-refractivity contribution < 1.29 is 19.1 Å². The number of urea groups is 1. The Morgan fingerprint density at radius 2 is 1.48 bits per heavy atom. The third-order valence-corrected chi connectivity index (χ3v) is 8.10. The van der Waals surface area contributed by atoms with Gasteiger partial charge in [-0.1, -0.05) is 48.5 Å². The Balaban J connectivity index is 1.36. The van der Waals surface area contributed by atoms with Crippen LogP contribution in [0.5, 0.6) is 11.8 Å². The summed E-state index contributed by atoms with van der Waals surface area (Å²) in [6.45, 7) is 3.89. The summed E-state index contributed by atoms with van der Waals surface area (Å²) in [5.74, 6) is 0.253. The summed E-state index contributed by atoms with van der Waals surface area (Å²) >= 11 is 0. The Bertz CT molecular complexity index is 1580. The maximum absolute atomic E-state index is 14.4. The first-order valence-corrected chi connectivity index (χ1v) is 13.9. The van der Waals surface area contributed by atoms with Crippen LogP contribution in [0.2, 0.25) is 0 Å². The van der Waals surface area contributed by atoms with E-state index in [0.29, 0.717) is 38.2 Å². The Hall–Kier alpha value is -4.83. The fourth-order valence-corrected chi connectivity index (χ4v) is 5.73. The summed E-state index contributed by atoms with van der Waals surface area (Å²) in [5.41, 5.74) is 3.49. The predicted molar refractivity (Wildman–Crippen MR) is 159 cm³/mol. The van der Waals surface area contributed by atoms with Crippen molar-refractivity contribution >= 4 is 23.6 Å². The zero-order valence-electron chi connectivity index (χ0n) is 23.9. The predicted octanol–water partition coefficient (Wildman–Crippen LogP) is 4.87. The average Bonchev–Trinajstić information content (AvgIpc) is 3.24. The normalized spacial score (nSPS) is 16.7. The lowest BCUT2D eigenvalue weighted by atomic mass is 9.85. The van der Waals surface area contributed by atoms with E-state index in [9.17, 15) is 9.59 Å². The fraction of sp³-hybridized carbons (Fsp3) is 0.281. The number of imide groups is 1. The first-order valence-electron chi connectivity index (χ1n) is 13.9. The molecule has 214 valence electrons. The maximum Gasteiger partial charge on any atom is 0.339 e. The first-order chi connectivity index (χ1) is 20.4. The van der Waals surface area contributed by atoms with Gasteiger partial charge in [-0.2, -0.15) is 9.97 Å². The fourth-order valence-electron chi connectivity index (χ4n) is 5.73. The van der Waals surface area contributed by atoms with Gasteiger partial charge in [0.15, 0.2) is 0 Å². The molecule has 2 aromatic heterocycles. The lowest BCUT2D eigenvalue weighted by Crippen LogP contribution is -2.57. The second-order valence-electron chi connectivity index (χ2n) is 10.5. The van der Waals surface area contributed by atoms with Gasteiger partial charge in [0, 0.05) is 25.8 Å². The molecule has 0 aliphatic carbocycles. The number of anilines is 2. The molecule has 2 aliphatic heterocycles. The van der Waals surface area contributed by atoms with E-state index < -0.39 is 11.6 Å². The van der Waals surface area contributed by atoms with E-state index in [1.165, 1.54) is 30.1 Å². The second-order valence-corrected chi connectivity index (χ2v) is 10.5. The number of aromatic nitrogens is 3. The zero-order valence-corrected chi connectivity index (χ0v) is 23.9. The van der Waals surface area contributed by atoms with Gasteiger partial charge in [-0.3, -0.25) is 14.7 Å². The molecular weight excluding hydrogens is 532 g/mol. The minimum Gasteiger partial charge on any atom is -0.481 e. The smallest absolute Gasteiger partial charge is 0.339 e. The van der Waals surface area contributed by atoms with E-state index in [1.807, 2.05) is 61.5 Å². The molecule has 4 heterocycles. The number of hydrogen-bond acceptors (Lipinski definition) is 8. The molecule has 0 unspecified atom stereocenters. The van der Waals surface area contributed by atoms with Crippen molar-refractivity contribution in [3.05, 3.63) is 90.3 Å². The van der Waals surface area contributed by atoms with Crippen LogP contribution in [0, 0.1) is 6.92 Å². The van der Waals surface area contributed by atoms with Gasteiger partial charge >= 0.3 is 6.03 Å². The van der Waals surface area contributed by atoms with Crippen LogP contribution in [0.3, 0.4) is 0 Å². The molecule has 2 fully saturated rings. The number of ether oxygens (including phenoxy) is 2. The van der Waals surface area contributed by atoms with Crippen molar-refractivity contribution in [1.29, 1.82) is 0 Å². The number of carbonyl (C=O) groups excluding carboxylic acids is 2. The van der Waals surface area contributed by atoms with E-state index in [0.717, 1.165) is 22.4 Å². The van der Waals surface area contributed by atoms with Gasteiger partial charge in [-0.15, -0.1) is 0 Å². The monoisotopic (exact) mass is 564 g/mol. The quantitative estimate of drug-likeness (QED) is 0.293. The number of carbonyl (C=O) groups is 2. The summed E-state index contributed by atoms with van der Waals surface area (Å²) < 4.78 is 10.7. The number of aryl methyl sites for hydroxylation is 1. The Morgan fingerprint density at radius 1 is 0.833 bits per heavy atom. The second kappa shape index (κ2) is 11.2. The summed E-state index contributed by atoms with van der Waals surface area (Å²) in [5, 5.41) is 0. The number of amides is 3. The molecule has 2 aromatic carbocycles. The lowest BCUT2D eigenvalue weighted by Gasteiger charge is -2.41. The number of likely N-dealkylation sites (tertiary alicyclic amines) is 1. The molecule has 4 aromatic rings. The van der Waals surface area contributed by atoms with Gasteiger partial charge in [0.25, 0.3) is 5.91 Å². The van der Waals surface area contributed by atoms with E-state index in [2.05, 4.69) is 19.9 Å². The van der Waals surface area contributed by atoms with Crippen LogP contribution >= 0.6 is 0 Å². The maximum atomic E-state index is 14.4. The number of rotatable bonds is 7. The Labute approximate surface area is 244 Å². The molecule has 0 bridgehead atoms. The van der Waals surface area contributed by atoms with Gasteiger partial charge in [-0.05, 0) is 54.7 Å². The van der Waals surface area contributed by atoms with Crippen LogP contribution in [-0.2, 0) is 11.3 Å².